The van der Waals surface area contributed by atoms with Crippen molar-refractivity contribution in [2.45, 2.75) is 0 Å². The highest BCUT2D eigenvalue weighted by Crippen LogP contribution is 2.45. The van der Waals surface area contributed by atoms with E-state index in [1.54, 1.807) is 0 Å². The molecular formula is C50H29N3. The van der Waals surface area contributed by atoms with E-state index >= 15 is 0 Å². The first-order valence-electron chi connectivity index (χ1n) is 17.9. The van der Waals surface area contributed by atoms with Crippen molar-refractivity contribution in [2.24, 2.45) is 0 Å². The number of aromatic nitrogens is 2. The molecule has 0 N–H and O–H groups in total. The number of para-hydroxylation sites is 1. The van der Waals surface area contributed by atoms with Crippen LogP contribution in [0.2, 0.25) is 0 Å². The van der Waals surface area contributed by atoms with E-state index in [4.69, 9.17) is 4.98 Å². The summed E-state index contributed by atoms with van der Waals surface area (Å²) < 4.78 is 2.29. The summed E-state index contributed by atoms with van der Waals surface area (Å²) >= 11 is 0. The van der Waals surface area contributed by atoms with E-state index < -0.39 is 0 Å². The first kappa shape index (κ1) is 29.5. The monoisotopic (exact) mass is 671 g/mol. The molecule has 0 spiro atoms. The maximum Gasteiger partial charge on any atom is 0.0992 e. The van der Waals surface area contributed by atoms with Gasteiger partial charge < -0.3 is 4.57 Å². The highest BCUT2D eigenvalue weighted by Gasteiger charge is 2.19. The fraction of sp³-hybridized carbons (Fsp3) is 0. The summed E-state index contributed by atoms with van der Waals surface area (Å²) in [5.41, 5.74) is 10.8. The number of pyridine rings is 1. The van der Waals surface area contributed by atoms with Crippen LogP contribution in [0.3, 0.4) is 0 Å². The van der Waals surface area contributed by atoms with Crippen LogP contribution in [0.15, 0.2) is 176 Å². The van der Waals surface area contributed by atoms with Gasteiger partial charge in [-0.25, -0.2) is 0 Å². The van der Waals surface area contributed by atoms with Crippen molar-refractivity contribution in [1.82, 2.24) is 9.55 Å². The van der Waals surface area contributed by atoms with E-state index in [1.807, 2.05) is 30.5 Å². The first-order chi connectivity index (χ1) is 26.2. The molecule has 244 valence electrons. The average Bonchev–Trinajstić information content (AvgIpc) is 3.55. The predicted octanol–water partition coefficient (Wildman–Crippen LogP) is 13.1. The Labute approximate surface area is 305 Å². The van der Waals surface area contributed by atoms with Gasteiger partial charge in [-0.3, -0.25) is 4.98 Å². The van der Waals surface area contributed by atoms with Gasteiger partial charge in [0.15, 0.2) is 0 Å². The number of hydrogen-bond acceptors (Lipinski definition) is 2. The third-order valence-corrected chi connectivity index (χ3v) is 11.0. The minimum Gasteiger partial charge on any atom is -0.309 e. The molecule has 0 saturated heterocycles. The molecule has 0 amide bonds. The van der Waals surface area contributed by atoms with Crippen molar-refractivity contribution in [1.29, 1.82) is 5.26 Å². The Hall–Kier alpha value is -7.28. The van der Waals surface area contributed by atoms with Gasteiger partial charge in [-0.2, -0.15) is 5.26 Å². The molecular weight excluding hydrogens is 643 g/mol. The number of benzene rings is 9. The van der Waals surface area contributed by atoms with E-state index in [1.165, 1.54) is 59.8 Å². The van der Waals surface area contributed by atoms with Crippen LogP contribution in [0.4, 0.5) is 0 Å². The molecule has 3 heteroatoms. The van der Waals surface area contributed by atoms with Gasteiger partial charge in [0, 0.05) is 28.2 Å². The maximum atomic E-state index is 9.75. The number of nitrogens with zero attached hydrogens (tertiary/aromatic N) is 3. The Morgan fingerprint density at radius 2 is 1.00 bits per heavy atom. The first-order valence-corrected chi connectivity index (χ1v) is 17.9. The van der Waals surface area contributed by atoms with Crippen molar-refractivity contribution >= 4 is 64.9 Å². The minimum absolute atomic E-state index is 0.653. The van der Waals surface area contributed by atoms with Crippen molar-refractivity contribution in [3.8, 4) is 45.3 Å². The molecule has 2 aromatic heterocycles. The molecule has 3 nitrogen and oxygen atoms in total. The summed E-state index contributed by atoms with van der Waals surface area (Å²) in [6.45, 7) is 0. The van der Waals surface area contributed by atoms with Crippen molar-refractivity contribution in [3.63, 3.8) is 0 Å². The summed E-state index contributed by atoms with van der Waals surface area (Å²) in [4.78, 5) is 4.71. The second-order valence-electron chi connectivity index (χ2n) is 13.8. The number of nitriles is 1. The van der Waals surface area contributed by atoms with Gasteiger partial charge in [0.05, 0.1) is 28.4 Å². The summed E-state index contributed by atoms with van der Waals surface area (Å²) in [6.07, 6.45) is 1.87. The van der Waals surface area contributed by atoms with Crippen molar-refractivity contribution in [2.75, 3.05) is 0 Å². The van der Waals surface area contributed by atoms with Gasteiger partial charge in [-0.15, -0.1) is 0 Å². The molecule has 0 aliphatic rings. The van der Waals surface area contributed by atoms with Crippen LogP contribution in [0.5, 0.6) is 0 Å². The van der Waals surface area contributed by atoms with E-state index in [0.717, 1.165) is 44.3 Å². The Kier molecular flexibility index (Phi) is 6.32. The molecule has 0 fully saturated rings. The molecule has 11 aromatic rings. The Bertz CT molecular complexity index is 3280. The molecule has 0 aliphatic heterocycles. The van der Waals surface area contributed by atoms with Crippen LogP contribution in [0, 0.1) is 11.3 Å². The van der Waals surface area contributed by atoms with Crippen molar-refractivity contribution < 1.29 is 0 Å². The van der Waals surface area contributed by atoms with Gasteiger partial charge in [0.2, 0.25) is 0 Å². The molecule has 9 aromatic carbocycles. The maximum absolute atomic E-state index is 9.75. The second kappa shape index (κ2) is 11.4. The largest absolute Gasteiger partial charge is 0.309 e. The molecule has 2 heterocycles. The number of hydrogen-bond donors (Lipinski definition) is 0. The van der Waals surface area contributed by atoms with Gasteiger partial charge in [0.1, 0.15) is 0 Å². The smallest absolute Gasteiger partial charge is 0.0992 e. The summed E-state index contributed by atoms with van der Waals surface area (Å²) in [6, 6.07) is 63.2. The summed E-state index contributed by atoms with van der Waals surface area (Å²) in [5, 5.41) is 22.0. The SMILES string of the molecule is N#Cc1ccc2c3ccc(-c4ccc(-c5ccc6ccc7c(-c8ccccn8)ccc8ccc5c6c87)c5ccccc45)cc3n(-c3ccccc3)c2c1. The molecule has 0 atom stereocenters. The van der Waals surface area contributed by atoms with Crippen LogP contribution < -0.4 is 0 Å². The summed E-state index contributed by atoms with van der Waals surface area (Å²) in [5.74, 6) is 0. The van der Waals surface area contributed by atoms with Crippen LogP contribution in [-0.4, -0.2) is 9.55 Å². The van der Waals surface area contributed by atoms with Gasteiger partial charge >= 0.3 is 0 Å². The lowest BCUT2D eigenvalue weighted by Gasteiger charge is -2.18. The zero-order valence-corrected chi connectivity index (χ0v) is 28.6. The molecule has 0 radical (unpaired) electrons. The molecule has 11 rings (SSSR count). The average molecular weight is 672 g/mol. The Morgan fingerprint density at radius 3 is 1.74 bits per heavy atom. The van der Waals surface area contributed by atoms with Crippen molar-refractivity contribution in [3.05, 3.63) is 182 Å². The predicted molar refractivity (Wildman–Crippen MR) is 221 cm³/mol. The van der Waals surface area contributed by atoms with Crippen LogP contribution in [-0.2, 0) is 0 Å². The number of fused-ring (bicyclic) bond motifs is 4. The molecule has 53 heavy (non-hydrogen) atoms. The highest BCUT2D eigenvalue weighted by atomic mass is 15.0. The summed E-state index contributed by atoms with van der Waals surface area (Å²) in [7, 11) is 0. The van der Waals surface area contributed by atoms with Crippen LogP contribution >= 0.6 is 0 Å². The molecule has 0 unspecified atom stereocenters. The van der Waals surface area contributed by atoms with Crippen LogP contribution in [0.1, 0.15) is 5.56 Å². The van der Waals surface area contributed by atoms with Gasteiger partial charge in [-0.1, -0.05) is 127 Å². The third-order valence-electron chi connectivity index (χ3n) is 11.0. The topological polar surface area (TPSA) is 41.6 Å². The fourth-order valence-corrected chi connectivity index (χ4v) is 8.68. The molecule has 0 saturated carbocycles. The second-order valence-corrected chi connectivity index (χ2v) is 13.8. The lowest BCUT2D eigenvalue weighted by molar-refractivity contribution is 1.18. The minimum atomic E-state index is 0.653. The van der Waals surface area contributed by atoms with Crippen LogP contribution in [0.25, 0.3) is 104 Å². The standard InChI is InChI=1S/C50H29N3/c51-30-31-13-19-42-43-22-18-34(29-48(43)53(47(42)28-31)35-8-2-1-3-9-35)36-25-26-39(38-11-5-4-10-37(36)38)40-20-14-32-17-24-45-41(46-12-6-7-27-52-46)21-15-33-16-23-44(40)49(32)50(33)45/h1-29H. The van der Waals surface area contributed by atoms with E-state index in [2.05, 4.69) is 156 Å². The highest BCUT2D eigenvalue weighted by molar-refractivity contribution is 6.28. The van der Waals surface area contributed by atoms with E-state index in [9.17, 15) is 5.26 Å². The number of rotatable bonds is 4. The molecule has 0 aliphatic carbocycles. The molecule has 0 bridgehead atoms. The normalized spacial score (nSPS) is 11.8. The lowest BCUT2D eigenvalue weighted by atomic mass is 9.86. The van der Waals surface area contributed by atoms with E-state index in [0.29, 0.717) is 5.56 Å². The third kappa shape index (κ3) is 4.37. The zero-order valence-electron chi connectivity index (χ0n) is 28.6. The Morgan fingerprint density at radius 1 is 0.434 bits per heavy atom. The zero-order chi connectivity index (χ0) is 35.0. The van der Waals surface area contributed by atoms with Gasteiger partial charge in [-0.05, 0) is 108 Å². The van der Waals surface area contributed by atoms with Gasteiger partial charge in [0.25, 0.3) is 0 Å². The Balaban J connectivity index is 1.13. The lowest BCUT2D eigenvalue weighted by Crippen LogP contribution is -1.94. The fourth-order valence-electron chi connectivity index (χ4n) is 8.68. The van der Waals surface area contributed by atoms with E-state index in [-0.39, 0.29) is 0 Å². The quantitative estimate of drug-likeness (QED) is 0.175.